The molecule has 8 nitrogen and oxygen atoms in total. The summed E-state index contributed by atoms with van der Waals surface area (Å²) in [4.78, 5) is 34.1. The molecule has 0 fully saturated rings. The number of benzene rings is 1. The molecule has 0 saturated carbocycles. The average Bonchev–Trinajstić information content (AvgIpc) is 2.66. The number of carbonyl (C=O) groups excluding carboxylic acids is 2. The summed E-state index contributed by atoms with van der Waals surface area (Å²) in [6, 6.07) is 3.73. The summed E-state index contributed by atoms with van der Waals surface area (Å²) in [5, 5.41) is 13.7. The van der Waals surface area contributed by atoms with E-state index in [4.69, 9.17) is 9.47 Å². The van der Waals surface area contributed by atoms with Crippen molar-refractivity contribution in [2.45, 2.75) is 32.1 Å². The molecule has 0 radical (unpaired) electrons. The van der Waals surface area contributed by atoms with Crippen molar-refractivity contribution in [2.75, 3.05) is 20.3 Å². The van der Waals surface area contributed by atoms with Crippen LogP contribution in [0.2, 0.25) is 0 Å². The summed E-state index contributed by atoms with van der Waals surface area (Å²) >= 11 is 0. The monoisotopic (exact) mass is 362 g/mol. The number of hydrogen-bond acceptors (Lipinski definition) is 6. The third-order valence-electron chi connectivity index (χ3n) is 4.10. The van der Waals surface area contributed by atoms with Crippen molar-refractivity contribution >= 4 is 17.6 Å². The molecule has 1 N–H and O–H groups in total. The van der Waals surface area contributed by atoms with Gasteiger partial charge >= 0.3 is 11.7 Å². The van der Waals surface area contributed by atoms with Crippen molar-refractivity contribution in [1.82, 2.24) is 5.32 Å². The Kier molecular flexibility index (Phi) is 7.13. The van der Waals surface area contributed by atoms with Crippen LogP contribution >= 0.6 is 0 Å². The normalized spacial score (nSPS) is 13.5. The molecule has 2 rings (SSSR count). The Morgan fingerprint density at radius 2 is 2.12 bits per heavy atom. The summed E-state index contributed by atoms with van der Waals surface area (Å²) in [5.41, 5.74) is 0.990. The highest BCUT2D eigenvalue weighted by Crippen LogP contribution is 2.27. The molecule has 1 aliphatic carbocycles. The van der Waals surface area contributed by atoms with Gasteiger partial charge in [0.25, 0.3) is 5.91 Å². The largest absolute Gasteiger partial charge is 0.490 e. The molecule has 8 heteroatoms. The molecule has 0 saturated heterocycles. The standard InChI is InChI=1S/C18H22N2O6/c1-25-16-8-7-14(11-15(16)20(23)24)18(22)26-12-17(21)19-10-9-13-5-3-2-4-6-13/h5,7-8,11H,2-4,6,9-10,12H2,1H3,(H,19,21). The van der Waals surface area contributed by atoms with Gasteiger partial charge in [0.1, 0.15) is 0 Å². The maximum absolute atomic E-state index is 12.0. The minimum absolute atomic E-state index is 0.0161. The Labute approximate surface area is 151 Å². The topological polar surface area (TPSA) is 108 Å². The Morgan fingerprint density at radius 1 is 1.31 bits per heavy atom. The first kappa shape index (κ1) is 19.4. The van der Waals surface area contributed by atoms with Crippen molar-refractivity contribution in [3.8, 4) is 5.75 Å². The first-order valence-corrected chi connectivity index (χ1v) is 8.45. The molecule has 0 atom stereocenters. The lowest BCUT2D eigenvalue weighted by atomic mass is 9.97. The predicted molar refractivity (Wildman–Crippen MR) is 94.1 cm³/mol. The lowest BCUT2D eigenvalue weighted by molar-refractivity contribution is -0.385. The van der Waals surface area contributed by atoms with Crippen molar-refractivity contribution in [1.29, 1.82) is 0 Å². The number of hydrogen-bond donors (Lipinski definition) is 1. The van der Waals surface area contributed by atoms with Gasteiger partial charge in [0.05, 0.1) is 17.6 Å². The second-order valence-corrected chi connectivity index (χ2v) is 5.93. The number of carbonyl (C=O) groups is 2. The summed E-state index contributed by atoms with van der Waals surface area (Å²) in [6.45, 7) is 0.0634. The first-order chi connectivity index (χ1) is 12.5. The molecule has 0 unspecified atom stereocenters. The number of rotatable bonds is 8. The van der Waals surface area contributed by atoms with Gasteiger partial charge in [0.15, 0.2) is 12.4 Å². The number of amides is 1. The Balaban J connectivity index is 1.80. The number of allylic oxidation sites excluding steroid dienone is 1. The molecule has 0 aliphatic heterocycles. The lowest BCUT2D eigenvalue weighted by Crippen LogP contribution is -2.29. The maximum Gasteiger partial charge on any atom is 0.338 e. The molecule has 1 aliphatic rings. The van der Waals surface area contributed by atoms with E-state index < -0.39 is 23.4 Å². The molecule has 1 aromatic rings. The van der Waals surface area contributed by atoms with Crippen LogP contribution in [0.4, 0.5) is 5.69 Å². The van der Waals surface area contributed by atoms with E-state index in [2.05, 4.69) is 11.4 Å². The van der Waals surface area contributed by atoms with Gasteiger partial charge in [0.2, 0.25) is 0 Å². The fraction of sp³-hybridized carbons (Fsp3) is 0.444. The van der Waals surface area contributed by atoms with E-state index in [0.29, 0.717) is 6.54 Å². The van der Waals surface area contributed by atoms with Gasteiger partial charge in [-0.3, -0.25) is 14.9 Å². The van der Waals surface area contributed by atoms with E-state index in [-0.39, 0.29) is 17.0 Å². The molecule has 0 heterocycles. The molecule has 0 spiro atoms. The van der Waals surface area contributed by atoms with Crippen LogP contribution in [0.5, 0.6) is 5.75 Å². The zero-order chi connectivity index (χ0) is 18.9. The van der Waals surface area contributed by atoms with E-state index in [1.54, 1.807) is 0 Å². The van der Waals surface area contributed by atoms with Crippen LogP contribution in [0, 0.1) is 10.1 Å². The van der Waals surface area contributed by atoms with Crippen LogP contribution < -0.4 is 10.1 Å². The maximum atomic E-state index is 12.0. The lowest BCUT2D eigenvalue weighted by Gasteiger charge is -2.13. The highest BCUT2D eigenvalue weighted by molar-refractivity contribution is 5.92. The smallest absolute Gasteiger partial charge is 0.338 e. The molecule has 26 heavy (non-hydrogen) atoms. The van der Waals surface area contributed by atoms with Gasteiger partial charge in [-0.1, -0.05) is 11.6 Å². The Hall–Kier alpha value is -2.90. The van der Waals surface area contributed by atoms with Crippen molar-refractivity contribution in [3.63, 3.8) is 0 Å². The van der Waals surface area contributed by atoms with Gasteiger partial charge in [-0.25, -0.2) is 4.79 Å². The number of esters is 1. The third-order valence-corrected chi connectivity index (χ3v) is 4.10. The van der Waals surface area contributed by atoms with Gasteiger partial charge in [-0.2, -0.15) is 0 Å². The minimum atomic E-state index is -0.805. The molecular formula is C18H22N2O6. The summed E-state index contributed by atoms with van der Waals surface area (Å²) in [7, 11) is 1.30. The van der Waals surface area contributed by atoms with Gasteiger partial charge < -0.3 is 14.8 Å². The van der Waals surface area contributed by atoms with E-state index in [9.17, 15) is 19.7 Å². The van der Waals surface area contributed by atoms with Crippen LogP contribution in [-0.4, -0.2) is 37.1 Å². The molecule has 140 valence electrons. The highest BCUT2D eigenvalue weighted by Gasteiger charge is 2.19. The van der Waals surface area contributed by atoms with Gasteiger partial charge in [-0.05, 0) is 44.2 Å². The number of nitrogens with one attached hydrogen (secondary N) is 1. The number of nitrogens with zero attached hydrogens (tertiary/aromatic N) is 1. The highest BCUT2D eigenvalue weighted by atomic mass is 16.6. The summed E-state index contributed by atoms with van der Waals surface area (Å²) < 4.78 is 9.78. The zero-order valence-electron chi connectivity index (χ0n) is 14.7. The van der Waals surface area contributed by atoms with Gasteiger partial charge in [-0.15, -0.1) is 0 Å². The predicted octanol–water partition coefficient (Wildman–Crippen LogP) is 2.77. The van der Waals surface area contributed by atoms with E-state index in [1.807, 2.05) is 0 Å². The van der Waals surface area contributed by atoms with Crippen molar-refractivity contribution < 1.29 is 24.0 Å². The van der Waals surface area contributed by atoms with Crippen LogP contribution in [-0.2, 0) is 9.53 Å². The van der Waals surface area contributed by atoms with E-state index in [0.717, 1.165) is 25.3 Å². The number of ether oxygens (including phenoxy) is 2. The third kappa shape index (κ3) is 5.58. The molecule has 1 aromatic carbocycles. The average molecular weight is 362 g/mol. The van der Waals surface area contributed by atoms with Crippen molar-refractivity contribution in [3.05, 3.63) is 45.5 Å². The molecule has 1 amide bonds. The fourth-order valence-corrected chi connectivity index (χ4v) is 2.72. The molecule has 0 aromatic heterocycles. The van der Waals surface area contributed by atoms with Crippen LogP contribution in [0.25, 0.3) is 0 Å². The first-order valence-electron chi connectivity index (χ1n) is 8.45. The van der Waals surface area contributed by atoms with Crippen LogP contribution in [0.1, 0.15) is 42.5 Å². The van der Waals surface area contributed by atoms with E-state index >= 15 is 0 Å². The van der Waals surface area contributed by atoms with Gasteiger partial charge in [0, 0.05) is 12.6 Å². The van der Waals surface area contributed by atoms with Crippen LogP contribution in [0.15, 0.2) is 29.8 Å². The van der Waals surface area contributed by atoms with Crippen LogP contribution in [0.3, 0.4) is 0 Å². The SMILES string of the molecule is COc1ccc(C(=O)OCC(=O)NCCC2=CCCCC2)cc1[N+](=O)[O-]. The van der Waals surface area contributed by atoms with E-state index in [1.165, 1.54) is 37.7 Å². The second kappa shape index (κ2) is 9.55. The summed E-state index contributed by atoms with van der Waals surface area (Å²) in [6.07, 6.45) is 7.58. The zero-order valence-corrected chi connectivity index (χ0v) is 14.7. The quantitative estimate of drug-likeness (QED) is 0.330. The number of nitro benzene ring substituents is 1. The summed E-state index contributed by atoms with van der Waals surface area (Å²) in [5.74, 6) is -1.17. The number of methoxy groups -OCH3 is 1. The Morgan fingerprint density at radius 3 is 2.77 bits per heavy atom. The molecule has 0 bridgehead atoms. The number of nitro groups is 1. The Bertz CT molecular complexity index is 714. The minimum Gasteiger partial charge on any atom is -0.490 e. The molecular weight excluding hydrogens is 340 g/mol. The fourth-order valence-electron chi connectivity index (χ4n) is 2.72. The van der Waals surface area contributed by atoms with Crippen molar-refractivity contribution in [2.24, 2.45) is 0 Å². The second-order valence-electron chi connectivity index (χ2n) is 5.93.